The predicted octanol–water partition coefficient (Wildman–Crippen LogP) is 2.17. The van der Waals surface area contributed by atoms with E-state index in [4.69, 9.17) is 22.4 Å². The van der Waals surface area contributed by atoms with Gasteiger partial charge in [0.15, 0.2) is 0 Å². The molecule has 0 fully saturated rings. The average Bonchev–Trinajstić information content (AvgIpc) is 2.14. The van der Waals surface area contributed by atoms with Gasteiger partial charge in [-0.25, -0.2) is 4.39 Å². The molecule has 0 saturated heterocycles. The molecule has 1 aromatic rings. The number of benzene rings is 1. The minimum Gasteiger partial charge on any atom is -0.480 e. The number of carbonyl (C=O) groups is 1. The molecule has 0 saturated carbocycles. The van der Waals surface area contributed by atoms with Gasteiger partial charge in [0.1, 0.15) is 11.9 Å². The second-order valence-electron chi connectivity index (χ2n) is 4.20. The van der Waals surface area contributed by atoms with Crippen LogP contribution in [0.2, 0.25) is 5.02 Å². The lowest BCUT2D eigenvalue weighted by atomic mass is 9.78. The van der Waals surface area contributed by atoms with Crippen molar-refractivity contribution in [2.45, 2.75) is 25.3 Å². The number of carboxylic acids is 1. The standard InChI is InChI=1S/C11H13ClFNO2/c1-11(2,9(14)10(15)16)6-3-7(12)5-8(13)4-6/h3-5,9H,14H2,1-2H3,(H,15,16). The maximum atomic E-state index is 13.2. The van der Waals surface area contributed by atoms with Gasteiger partial charge in [0.25, 0.3) is 0 Å². The fraction of sp³-hybridized carbons (Fsp3) is 0.364. The van der Waals surface area contributed by atoms with Crippen LogP contribution in [0.4, 0.5) is 4.39 Å². The van der Waals surface area contributed by atoms with Crippen molar-refractivity contribution in [3.05, 3.63) is 34.6 Å². The summed E-state index contributed by atoms with van der Waals surface area (Å²) in [4.78, 5) is 10.8. The Hall–Kier alpha value is -1.13. The van der Waals surface area contributed by atoms with Crippen LogP contribution in [0.1, 0.15) is 19.4 Å². The van der Waals surface area contributed by atoms with E-state index in [1.807, 2.05) is 0 Å². The summed E-state index contributed by atoms with van der Waals surface area (Å²) >= 11 is 5.71. The van der Waals surface area contributed by atoms with Gasteiger partial charge in [0, 0.05) is 10.4 Å². The molecule has 3 nitrogen and oxygen atoms in total. The maximum Gasteiger partial charge on any atom is 0.321 e. The highest BCUT2D eigenvalue weighted by Gasteiger charge is 2.34. The molecule has 0 aliphatic rings. The summed E-state index contributed by atoms with van der Waals surface area (Å²) in [5.41, 5.74) is 5.14. The van der Waals surface area contributed by atoms with Crippen LogP contribution < -0.4 is 5.73 Å². The summed E-state index contributed by atoms with van der Waals surface area (Å²) in [6.45, 7) is 3.27. The first-order valence-corrected chi connectivity index (χ1v) is 5.08. The molecular weight excluding hydrogens is 233 g/mol. The zero-order valence-electron chi connectivity index (χ0n) is 9.00. The fourth-order valence-corrected chi connectivity index (χ4v) is 1.64. The molecule has 0 bridgehead atoms. The first-order chi connectivity index (χ1) is 7.25. The lowest BCUT2D eigenvalue weighted by Gasteiger charge is -2.29. The number of nitrogens with two attached hydrogens (primary N) is 1. The first-order valence-electron chi connectivity index (χ1n) is 4.70. The van der Waals surface area contributed by atoms with Gasteiger partial charge in [-0.15, -0.1) is 0 Å². The van der Waals surface area contributed by atoms with Crippen LogP contribution in [-0.2, 0) is 10.2 Å². The topological polar surface area (TPSA) is 63.3 Å². The van der Waals surface area contributed by atoms with E-state index in [0.29, 0.717) is 5.56 Å². The van der Waals surface area contributed by atoms with Gasteiger partial charge in [-0.2, -0.15) is 0 Å². The minimum atomic E-state index is -1.13. The van der Waals surface area contributed by atoms with Gasteiger partial charge in [0.2, 0.25) is 0 Å². The molecule has 5 heteroatoms. The highest BCUT2D eigenvalue weighted by Crippen LogP contribution is 2.29. The molecule has 88 valence electrons. The summed E-state index contributed by atoms with van der Waals surface area (Å²) in [5, 5.41) is 9.09. The van der Waals surface area contributed by atoms with Gasteiger partial charge < -0.3 is 10.8 Å². The Morgan fingerprint density at radius 1 is 1.50 bits per heavy atom. The second kappa shape index (κ2) is 4.39. The van der Waals surface area contributed by atoms with E-state index in [-0.39, 0.29) is 5.02 Å². The monoisotopic (exact) mass is 245 g/mol. The highest BCUT2D eigenvalue weighted by molar-refractivity contribution is 6.30. The predicted molar refractivity (Wildman–Crippen MR) is 60.0 cm³/mol. The van der Waals surface area contributed by atoms with Gasteiger partial charge in [-0.3, -0.25) is 4.79 Å². The Balaban J connectivity index is 3.20. The minimum absolute atomic E-state index is 0.223. The molecule has 0 radical (unpaired) electrons. The molecule has 0 spiro atoms. The normalized spacial score (nSPS) is 13.6. The Morgan fingerprint density at radius 3 is 2.50 bits per heavy atom. The molecule has 1 unspecified atom stereocenters. The summed E-state index contributed by atoms with van der Waals surface area (Å²) in [6, 6.07) is 2.81. The zero-order valence-corrected chi connectivity index (χ0v) is 9.75. The van der Waals surface area contributed by atoms with E-state index in [1.54, 1.807) is 13.8 Å². The van der Waals surface area contributed by atoms with Crippen molar-refractivity contribution >= 4 is 17.6 Å². The third-order valence-corrected chi connectivity index (χ3v) is 2.87. The molecule has 1 atom stereocenters. The smallest absolute Gasteiger partial charge is 0.321 e. The van der Waals surface area contributed by atoms with Crippen LogP contribution in [0, 0.1) is 5.82 Å². The molecule has 3 N–H and O–H groups in total. The Bertz CT molecular complexity index is 400. The Kier molecular flexibility index (Phi) is 3.55. The fourth-order valence-electron chi connectivity index (χ4n) is 1.41. The van der Waals surface area contributed by atoms with E-state index in [0.717, 1.165) is 6.07 Å². The van der Waals surface area contributed by atoms with E-state index in [9.17, 15) is 9.18 Å². The van der Waals surface area contributed by atoms with Gasteiger partial charge in [0.05, 0.1) is 0 Å². The van der Waals surface area contributed by atoms with E-state index in [1.165, 1.54) is 12.1 Å². The number of halogens is 2. The SMILES string of the molecule is CC(C)(c1cc(F)cc(Cl)c1)C(N)C(=O)O. The molecule has 0 aliphatic heterocycles. The van der Waals surface area contributed by atoms with Crippen LogP contribution in [0.5, 0.6) is 0 Å². The van der Waals surface area contributed by atoms with Gasteiger partial charge in [-0.1, -0.05) is 25.4 Å². The van der Waals surface area contributed by atoms with Crippen LogP contribution in [0.25, 0.3) is 0 Å². The lowest BCUT2D eigenvalue weighted by Crippen LogP contribution is -2.46. The van der Waals surface area contributed by atoms with Crippen molar-refractivity contribution in [1.82, 2.24) is 0 Å². The van der Waals surface area contributed by atoms with E-state index in [2.05, 4.69) is 0 Å². The number of hydrogen-bond acceptors (Lipinski definition) is 2. The molecule has 0 amide bonds. The van der Waals surface area contributed by atoms with Crippen molar-refractivity contribution in [2.24, 2.45) is 5.73 Å². The molecule has 1 aromatic carbocycles. The third-order valence-electron chi connectivity index (χ3n) is 2.65. The first kappa shape index (κ1) is 12.9. The quantitative estimate of drug-likeness (QED) is 0.858. The van der Waals surface area contributed by atoms with Crippen LogP contribution >= 0.6 is 11.6 Å². The summed E-state index contributed by atoms with van der Waals surface area (Å²) in [5.74, 6) is -1.64. The summed E-state index contributed by atoms with van der Waals surface area (Å²) < 4.78 is 13.2. The molecule has 0 aliphatic carbocycles. The maximum absolute atomic E-state index is 13.2. The summed E-state index contributed by atoms with van der Waals surface area (Å²) in [6.07, 6.45) is 0. The molecule has 0 heterocycles. The van der Waals surface area contributed by atoms with Crippen LogP contribution in [-0.4, -0.2) is 17.1 Å². The Morgan fingerprint density at radius 2 is 2.06 bits per heavy atom. The Labute approximate surface area is 98.0 Å². The molecule has 0 aromatic heterocycles. The molecule has 1 rings (SSSR count). The van der Waals surface area contributed by atoms with Gasteiger partial charge in [-0.05, 0) is 23.8 Å². The third kappa shape index (κ3) is 2.51. The second-order valence-corrected chi connectivity index (χ2v) is 4.63. The molecule has 16 heavy (non-hydrogen) atoms. The van der Waals surface area contributed by atoms with Gasteiger partial charge >= 0.3 is 5.97 Å². The van der Waals surface area contributed by atoms with Crippen molar-refractivity contribution in [3.8, 4) is 0 Å². The van der Waals surface area contributed by atoms with Crippen molar-refractivity contribution < 1.29 is 14.3 Å². The number of carboxylic acid groups (broad SMARTS) is 1. The summed E-state index contributed by atoms with van der Waals surface area (Å²) in [7, 11) is 0. The lowest BCUT2D eigenvalue weighted by molar-refractivity contribution is -0.140. The van der Waals surface area contributed by atoms with Crippen LogP contribution in [0.15, 0.2) is 18.2 Å². The zero-order chi connectivity index (χ0) is 12.5. The van der Waals surface area contributed by atoms with E-state index < -0.39 is 23.2 Å². The molecular formula is C11H13ClFNO2. The highest BCUT2D eigenvalue weighted by atomic mass is 35.5. The number of hydrogen-bond donors (Lipinski definition) is 2. The average molecular weight is 246 g/mol. The van der Waals surface area contributed by atoms with Crippen molar-refractivity contribution in [2.75, 3.05) is 0 Å². The number of rotatable bonds is 3. The van der Waals surface area contributed by atoms with Crippen molar-refractivity contribution in [3.63, 3.8) is 0 Å². The number of aliphatic carboxylic acids is 1. The van der Waals surface area contributed by atoms with Crippen molar-refractivity contribution in [1.29, 1.82) is 0 Å². The largest absolute Gasteiger partial charge is 0.480 e. The van der Waals surface area contributed by atoms with Crippen LogP contribution in [0.3, 0.4) is 0 Å². The van der Waals surface area contributed by atoms with E-state index >= 15 is 0 Å².